The van der Waals surface area contributed by atoms with Gasteiger partial charge in [-0.05, 0) is 37.4 Å². The lowest BCUT2D eigenvalue weighted by Gasteiger charge is -2.24. The van der Waals surface area contributed by atoms with Gasteiger partial charge >= 0.3 is 6.16 Å². The molecule has 2 unspecified atom stereocenters. The maximum atomic E-state index is 16.1. The molecule has 2 aromatic carbocycles. The Labute approximate surface area is 195 Å². The van der Waals surface area contributed by atoms with Gasteiger partial charge in [0.1, 0.15) is 17.3 Å². The first-order valence-electron chi connectivity index (χ1n) is 10.9. The van der Waals surface area contributed by atoms with Crippen LogP contribution in [0.15, 0.2) is 29.2 Å². The molecule has 0 amide bonds. The summed E-state index contributed by atoms with van der Waals surface area (Å²) in [6.07, 6.45) is 0.679. The topological polar surface area (TPSA) is 110 Å². The molecule has 1 aromatic heterocycles. The molecule has 2 saturated heterocycles. The second-order valence-electron chi connectivity index (χ2n) is 8.64. The number of nitrogens with zero attached hydrogens (tertiary/aromatic N) is 2. The Bertz CT molecular complexity index is 1410. The van der Waals surface area contributed by atoms with Crippen molar-refractivity contribution in [1.29, 1.82) is 0 Å². The first-order valence-corrected chi connectivity index (χ1v) is 10.9. The van der Waals surface area contributed by atoms with E-state index < -0.39 is 68.6 Å². The third-order valence-electron chi connectivity index (χ3n) is 6.59. The van der Waals surface area contributed by atoms with Crippen molar-refractivity contribution in [3.8, 4) is 11.4 Å². The monoisotopic (exact) mass is 492 g/mol. The summed E-state index contributed by atoms with van der Waals surface area (Å²) in [6, 6.07) is 2.40. The Morgan fingerprint density at radius 1 is 1.17 bits per heavy atom. The van der Waals surface area contributed by atoms with Crippen LogP contribution in [0, 0.1) is 29.2 Å². The Kier molecular flexibility index (Phi) is 5.55. The summed E-state index contributed by atoms with van der Waals surface area (Å²) in [5, 5.41) is 11.6. The maximum absolute atomic E-state index is 16.1. The summed E-state index contributed by atoms with van der Waals surface area (Å²) in [6.45, 7) is 1.42. The molecular formula is C23H20F4N4O4. The number of halogens is 4. The summed E-state index contributed by atoms with van der Waals surface area (Å²) in [5.41, 5.74) is 2.53. The molecule has 2 atom stereocenters. The number of nitrogen functional groups attached to an aromatic ring is 1. The molecule has 2 fully saturated rings. The lowest BCUT2D eigenvalue weighted by atomic mass is 9.94. The van der Waals surface area contributed by atoms with Crippen molar-refractivity contribution >= 4 is 28.4 Å². The fourth-order valence-corrected chi connectivity index (χ4v) is 5.04. The van der Waals surface area contributed by atoms with Crippen LogP contribution in [0.4, 0.5) is 33.7 Å². The second kappa shape index (κ2) is 8.45. The van der Waals surface area contributed by atoms with Gasteiger partial charge < -0.3 is 30.4 Å². The zero-order chi connectivity index (χ0) is 25.0. The molecule has 3 heterocycles. The molecule has 0 bridgehead atoms. The number of nitrogens with one attached hydrogen (secondary N) is 1. The quantitative estimate of drug-likeness (QED) is 0.292. The number of carboxylic acid groups (broad SMARTS) is 1. The normalized spacial score (nSPS) is 19.7. The van der Waals surface area contributed by atoms with Crippen LogP contribution >= 0.6 is 0 Å². The Morgan fingerprint density at radius 3 is 2.63 bits per heavy atom. The van der Waals surface area contributed by atoms with Gasteiger partial charge in [0, 0.05) is 25.2 Å². The molecule has 12 heteroatoms. The van der Waals surface area contributed by atoms with Crippen LogP contribution in [0.5, 0.6) is 5.75 Å². The van der Waals surface area contributed by atoms with Crippen LogP contribution in [0.1, 0.15) is 12.8 Å². The molecule has 0 spiro atoms. The molecule has 184 valence electrons. The van der Waals surface area contributed by atoms with E-state index in [0.29, 0.717) is 19.2 Å². The van der Waals surface area contributed by atoms with E-state index in [1.807, 2.05) is 0 Å². The molecule has 5 rings (SSSR count). The first-order chi connectivity index (χ1) is 16.7. The Hall–Kier alpha value is -3.80. The molecule has 2 aliphatic heterocycles. The third-order valence-corrected chi connectivity index (χ3v) is 6.59. The fraction of sp³-hybridized carbons (Fsp3) is 0.304. The number of piperidine rings is 1. The van der Waals surface area contributed by atoms with Gasteiger partial charge in [0.15, 0.2) is 17.4 Å². The van der Waals surface area contributed by atoms with Crippen LogP contribution in [-0.4, -0.2) is 41.5 Å². The summed E-state index contributed by atoms with van der Waals surface area (Å²) in [7, 11) is 0. The van der Waals surface area contributed by atoms with Gasteiger partial charge in [-0.25, -0.2) is 22.4 Å². The highest BCUT2D eigenvalue weighted by Gasteiger charge is 2.38. The largest absolute Gasteiger partial charge is 0.511 e. The Morgan fingerprint density at radius 2 is 1.94 bits per heavy atom. The summed E-state index contributed by atoms with van der Waals surface area (Å²) in [5.74, 6) is -5.14. The lowest BCUT2D eigenvalue weighted by Crippen LogP contribution is -2.40. The number of fused-ring (bicyclic) bond motifs is 2. The van der Waals surface area contributed by atoms with E-state index in [4.69, 9.17) is 10.8 Å². The van der Waals surface area contributed by atoms with E-state index in [9.17, 15) is 18.4 Å². The number of benzene rings is 2. The molecule has 0 saturated carbocycles. The van der Waals surface area contributed by atoms with Gasteiger partial charge in [-0.15, -0.1) is 0 Å². The Balaban J connectivity index is 1.81. The van der Waals surface area contributed by atoms with Crippen LogP contribution < -0.4 is 26.1 Å². The maximum Gasteiger partial charge on any atom is 0.511 e. The molecule has 35 heavy (non-hydrogen) atoms. The van der Waals surface area contributed by atoms with E-state index >= 15 is 8.78 Å². The average Bonchev–Trinajstić information content (AvgIpc) is 3.22. The minimum atomic E-state index is -1.88. The first kappa shape index (κ1) is 23.0. The van der Waals surface area contributed by atoms with Crippen molar-refractivity contribution in [1.82, 2.24) is 9.88 Å². The van der Waals surface area contributed by atoms with Gasteiger partial charge in [-0.3, -0.25) is 4.79 Å². The van der Waals surface area contributed by atoms with Crippen LogP contribution in [0.2, 0.25) is 0 Å². The molecule has 4 N–H and O–H groups in total. The molecule has 2 aliphatic rings. The predicted octanol–water partition coefficient (Wildman–Crippen LogP) is 3.37. The highest BCUT2D eigenvalue weighted by Crippen LogP contribution is 2.40. The van der Waals surface area contributed by atoms with Gasteiger partial charge in [0.2, 0.25) is 5.43 Å². The average molecular weight is 492 g/mol. The van der Waals surface area contributed by atoms with E-state index in [0.717, 1.165) is 42.3 Å². The van der Waals surface area contributed by atoms with E-state index in [1.165, 1.54) is 4.90 Å². The number of hydrogen-bond acceptors (Lipinski definition) is 6. The fourth-order valence-electron chi connectivity index (χ4n) is 5.04. The number of nitrogens with two attached hydrogens (primary N) is 1. The molecule has 3 aromatic rings. The number of anilines is 2. The molecule has 8 nitrogen and oxygen atoms in total. The van der Waals surface area contributed by atoms with Crippen molar-refractivity contribution in [3.05, 3.63) is 57.9 Å². The smallest absolute Gasteiger partial charge is 0.449 e. The zero-order valence-corrected chi connectivity index (χ0v) is 18.2. The van der Waals surface area contributed by atoms with Crippen LogP contribution in [-0.2, 0) is 0 Å². The number of hydrogen-bond donors (Lipinski definition) is 3. The van der Waals surface area contributed by atoms with Gasteiger partial charge in [-0.2, -0.15) is 0 Å². The highest BCUT2D eigenvalue weighted by atomic mass is 19.1. The van der Waals surface area contributed by atoms with Crippen LogP contribution in [0.25, 0.3) is 16.6 Å². The van der Waals surface area contributed by atoms with E-state index in [1.54, 1.807) is 0 Å². The third kappa shape index (κ3) is 3.73. The number of ether oxygens (including phenoxy) is 1. The number of rotatable bonds is 3. The number of carbonyl (C=O) groups is 1. The van der Waals surface area contributed by atoms with Crippen LogP contribution in [0.3, 0.4) is 0 Å². The van der Waals surface area contributed by atoms with Crippen molar-refractivity contribution < 1.29 is 32.2 Å². The SMILES string of the molecule is Nc1c(F)c(N2CC3CCCNC3C2)c(F)c2c1c(=O)c(OC(=O)O)cn2-c1ccc(F)cc1F. The molecular weight excluding hydrogens is 472 g/mol. The van der Waals surface area contributed by atoms with Crippen molar-refractivity contribution in [2.75, 3.05) is 30.3 Å². The molecule has 0 aliphatic carbocycles. The minimum absolute atomic E-state index is 0.0162. The summed E-state index contributed by atoms with van der Waals surface area (Å²) >= 11 is 0. The summed E-state index contributed by atoms with van der Waals surface area (Å²) < 4.78 is 65.1. The van der Waals surface area contributed by atoms with Crippen molar-refractivity contribution in [3.63, 3.8) is 0 Å². The summed E-state index contributed by atoms with van der Waals surface area (Å²) in [4.78, 5) is 25.5. The van der Waals surface area contributed by atoms with Gasteiger partial charge in [-0.1, -0.05) is 0 Å². The predicted molar refractivity (Wildman–Crippen MR) is 119 cm³/mol. The minimum Gasteiger partial charge on any atom is -0.449 e. The van der Waals surface area contributed by atoms with Gasteiger partial charge in [0.05, 0.1) is 28.5 Å². The van der Waals surface area contributed by atoms with E-state index in [2.05, 4.69) is 10.1 Å². The van der Waals surface area contributed by atoms with Crippen molar-refractivity contribution in [2.24, 2.45) is 5.92 Å². The number of aromatic nitrogens is 1. The van der Waals surface area contributed by atoms with Gasteiger partial charge in [0.25, 0.3) is 0 Å². The van der Waals surface area contributed by atoms with Crippen molar-refractivity contribution in [2.45, 2.75) is 18.9 Å². The zero-order valence-electron chi connectivity index (χ0n) is 18.2. The highest BCUT2D eigenvalue weighted by molar-refractivity contribution is 5.97. The van der Waals surface area contributed by atoms with E-state index in [-0.39, 0.29) is 12.0 Å². The number of pyridine rings is 1. The standard InChI is InChI=1S/C23H20F4N4O4/c24-11-3-4-14(12(25)6-11)31-9-15(35-23(33)34)22(32)16-19(28)17(26)21(18(27)20(16)31)30-7-10-2-1-5-29-13(10)8-30/h3-4,6,9-10,13,29H,1-2,5,7-8,28H2,(H,33,34). The molecule has 0 radical (unpaired) electrons. The second-order valence-corrected chi connectivity index (χ2v) is 8.64. The lowest BCUT2D eigenvalue weighted by molar-refractivity contribution is 0.144.